The summed E-state index contributed by atoms with van der Waals surface area (Å²) in [6, 6.07) is 0. The summed E-state index contributed by atoms with van der Waals surface area (Å²) < 4.78 is 0. The Morgan fingerprint density at radius 3 is 1.67 bits per heavy atom. The number of aliphatic hydroxyl groups is 2. The summed E-state index contributed by atoms with van der Waals surface area (Å²) in [4.78, 5) is 13.3. The second kappa shape index (κ2) is 9.68. The molecule has 0 spiro atoms. The maximum Gasteiger partial charge on any atom is 0.104 e. The molecule has 0 aromatic rings. The summed E-state index contributed by atoms with van der Waals surface area (Å²) in [6.45, 7) is 10.4. The first kappa shape index (κ1) is 18.8. The number of rotatable bonds is 10. The van der Waals surface area contributed by atoms with Gasteiger partial charge in [-0.2, -0.15) is 10.2 Å². The lowest BCUT2D eigenvalue weighted by atomic mass is 10.1. The van der Waals surface area contributed by atoms with Crippen molar-refractivity contribution in [1.82, 2.24) is 9.80 Å². The Labute approximate surface area is 144 Å². The summed E-state index contributed by atoms with van der Waals surface area (Å²) in [6.07, 6.45) is 0. The van der Waals surface area contributed by atoms with E-state index in [9.17, 15) is 0 Å². The van der Waals surface area contributed by atoms with Crippen molar-refractivity contribution in [3.05, 3.63) is 0 Å². The van der Waals surface area contributed by atoms with Gasteiger partial charge in [-0.05, 0) is 0 Å². The average Bonchev–Trinajstić information content (AvgIpc) is 3.21. The van der Waals surface area contributed by atoms with Crippen LogP contribution in [0, 0.1) is 11.8 Å². The van der Waals surface area contributed by atoms with Crippen LogP contribution in [-0.2, 0) is 0 Å². The fraction of sp³-hybridized carbons (Fsp3) is 0.875. The lowest BCUT2D eigenvalue weighted by Crippen LogP contribution is -2.35. The Balaban J connectivity index is 1.76. The SMILES string of the molecule is CC(CN=NCC(C)C1=NCCN1CCO)C1=NCCN1CCO. The van der Waals surface area contributed by atoms with Crippen molar-refractivity contribution in [2.45, 2.75) is 13.8 Å². The van der Waals surface area contributed by atoms with Crippen LogP contribution in [-0.4, -0.2) is 97.3 Å². The Morgan fingerprint density at radius 1 is 0.875 bits per heavy atom. The number of aliphatic imine (C=N–C) groups is 2. The fourth-order valence-electron chi connectivity index (χ4n) is 3.15. The monoisotopic (exact) mass is 338 g/mol. The minimum absolute atomic E-state index is 0.150. The first-order valence-corrected chi connectivity index (χ1v) is 8.81. The van der Waals surface area contributed by atoms with Crippen LogP contribution >= 0.6 is 0 Å². The molecule has 0 bridgehead atoms. The highest BCUT2D eigenvalue weighted by atomic mass is 16.3. The molecule has 2 atom stereocenters. The van der Waals surface area contributed by atoms with Crippen LogP contribution < -0.4 is 0 Å². The number of hydrogen-bond donors (Lipinski definition) is 2. The summed E-state index contributed by atoms with van der Waals surface area (Å²) in [7, 11) is 0. The molecule has 2 rings (SSSR count). The van der Waals surface area contributed by atoms with E-state index in [0.717, 1.165) is 37.9 Å². The molecule has 0 fully saturated rings. The summed E-state index contributed by atoms with van der Waals surface area (Å²) in [5.74, 6) is 2.50. The normalized spacial score (nSPS) is 20.7. The van der Waals surface area contributed by atoms with Gasteiger partial charge in [0.25, 0.3) is 0 Å². The molecule has 0 aromatic carbocycles. The van der Waals surface area contributed by atoms with Gasteiger partial charge in [0.05, 0.1) is 39.4 Å². The molecule has 2 N–H and O–H groups in total. The summed E-state index contributed by atoms with van der Waals surface area (Å²) in [5.41, 5.74) is 0. The van der Waals surface area contributed by atoms with Gasteiger partial charge in [-0.25, -0.2) is 0 Å². The number of amidine groups is 2. The lowest BCUT2D eigenvalue weighted by molar-refractivity contribution is 0.253. The van der Waals surface area contributed by atoms with E-state index in [1.54, 1.807) is 0 Å². The van der Waals surface area contributed by atoms with Crippen molar-refractivity contribution in [2.75, 3.05) is 65.6 Å². The predicted molar refractivity (Wildman–Crippen MR) is 94.8 cm³/mol. The zero-order valence-electron chi connectivity index (χ0n) is 14.8. The fourth-order valence-corrected chi connectivity index (χ4v) is 3.15. The zero-order chi connectivity index (χ0) is 17.4. The molecule has 0 radical (unpaired) electrons. The molecule has 2 unspecified atom stereocenters. The quantitative estimate of drug-likeness (QED) is 0.553. The van der Waals surface area contributed by atoms with Crippen LogP contribution in [0.5, 0.6) is 0 Å². The summed E-state index contributed by atoms with van der Waals surface area (Å²) in [5, 5.41) is 26.8. The van der Waals surface area contributed by atoms with Crippen molar-refractivity contribution >= 4 is 11.7 Å². The van der Waals surface area contributed by atoms with E-state index in [0.29, 0.717) is 26.2 Å². The van der Waals surface area contributed by atoms with E-state index in [4.69, 9.17) is 10.2 Å². The van der Waals surface area contributed by atoms with Crippen molar-refractivity contribution in [1.29, 1.82) is 0 Å². The van der Waals surface area contributed by atoms with Gasteiger partial charge in [0.2, 0.25) is 0 Å². The second-order valence-corrected chi connectivity index (χ2v) is 6.35. The van der Waals surface area contributed by atoms with Gasteiger partial charge in [0.1, 0.15) is 11.7 Å². The van der Waals surface area contributed by atoms with Gasteiger partial charge in [-0.3, -0.25) is 9.98 Å². The van der Waals surface area contributed by atoms with E-state index < -0.39 is 0 Å². The van der Waals surface area contributed by atoms with Crippen LogP contribution in [0.2, 0.25) is 0 Å². The van der Waals surface area contributed by atoms with Gasteiger partial charge in [0.15, 0.2) is 0 Å². The molecule has 24 heavy (non-hydrogen) atoms. The van der Waals surface area contributed by atoms with Gasteiger partial charge in [-0.15, -0.1) is 0 Å². The molecule has 0 saturated heterocycles. The topological polar surface area (TPSA) is 96.4 Å². The van der Waals surface area contributed by atoms with E-state index in [-0.39, 0.29) is 25.0 Å². The minimum Gasteiger partial charge on any atom is -0.395 e. The molecule has 0 saturated carbocycles. The molecular formula is C16H30N6O2. The first-order chi connectivity index (χ1) is 11.7. The number of aliphatic hydroxyl groups excluding tert-OH is 2. The molecule has 0 aromatic heterocycles. The highest BCUT2D eigenvalue weighted by Gasteiger charge is 2.23. The Hall–Kier alpha value is -1.54. The molecule has 2 aliphatic rings. The van der Waals surface area contributed by atoms with Gasteiger partial charge < -0.3 is 20.0 Å². The van der Waals surface area contributed by atoms with Crippen molar-refractivity contribution < 1.29 is 10.2 Å². The molecule has 0 aliphatic carbocycles. The highest BCUT2D eigenvalue weighted by Crippen LogP contribution is 2.13. The van der Waals surface area contributed by atoms with Crippen LogP contribution in [0.3, 0.4) is 0 Å². The van der Waals surface area contributed by atoms with Gasteiger partial charge in [-0.1, -0.05) is 13.8 Å². The van der Waals surface area contributed by atoms with Crippen LogP contribution in [0.15, 0.2) is 20.2 Å². The van der Waals surface area contributed by atoms with Gasteiger partial charge in [0, 0.05) is 38.0 Å². The minimum atomic E-state index is 0.150. The van der Waals surface area contributed by atoms with E-state index >= 15 is 0 Å². The maximum absolute atomic E-state index is 9.10. The highest BCUT2D eigenvalue weighted by molar-refractivity contribution is 5.86. The smallest absolute Gasteiger partial charge is 0.104 e. The Kier molecular flexibility index (Phi) is 7.58. The van der Waals surface area contributed by atoms with Crippen molar-refractivity contribution in [2.24, 2.45) is 32.0 Å². The maximum atomic E-state index is 9.10. The molecule has 8 heteroatoms. The first-order valence-electron chi connectivity index (χ1n) is 8.81. The number of hydrogen-bond acceptors (Lipinski definition) is 8. The molecule has 8 nitrogen and oxygen atoms in total. The molecule has 0 amide bonds. The second-order valence-electron chi connectivity index (χ2n) is 6.35. The van der Waals surface area contributed by atoms with E-state index in [2.05, 4.69) is 43.9 Å². The van der Waals surface area contributed by atoms with Crippen molar-refractivity contribution in [3.8, 4) is 0 Å². The largest absolute Gasteiger partial charge is 0.395 e. The molecule has 136 valence electrons. The lowest BCUT2D eigenvalue weighted by Gasteiger charge is -2.23. The third kappa shape index (κ3) is 4.98. The third-order valence-corrected chi connectivity index (χ3v) is 4.37. The standard InChI is InChI=1S/C16H30N6O2/c1-13(15-17-3-5-21(15)7-9-23)11-19-20-12-14(2)16-18-4-6-22(16)8-10-24/h13-14,23-24H,3-12H2,1-2H3. The van der Waals surface area contributed by atoms with Crippen molar-refractivity contribution in [3.63, 3.8) is 0 Å². The molecular weight excluding hydrogens is 308 g/mol. The Bertz CT molecular complexity index is 437. The molecule has 2 heterocycles. The molecule has 2 aliphatic heterocycles. The van der Waals surface area contributed by atoms with Crippen LogP contribution in [0.1, 0.15) is 13.8 Å². The number of azo groups is 1. The van der Waals surface area contributed by atoms with Crippen LogP contribution in [0.25, 0.3) is 0 Å². The summed E-state index contributed by atoms with van der Waals surface area (Å²) >= 11 is 0. The van der Waals surface area contributed by atoms with Crippen LogP contribution in [0.4, 0.5) is 0 Å². The Morgan fingerprint density at radius 2 is 1.29 bits per heavy atom. The van der Waals surface area contributed by atoms with E-state index in [1.165, 1.54) is 0 Å². The van der Waals surface area contributed by atoms with E-state index in [1.807, 2.05) is 0 Å². The van der Waals surface area contributed by atoms with Gasteiger partial charge >= 0.3 is 0 Å². The predicted octanol–water partition coefficient (Wildman–Crippen LogP) is 0.124. The zero-order valence-corrected chi connectivity index (χ0v) is 14.8. The average molecular weight is 338 g/mol. The number of β-amino-alcohol motifs (C(OH)–C–C–N with tert-alkyl or cyclic N) is 2. The third-order valence-electron chi connectivity index (χ3n) is 4.37. The number of nitrogens with zero attached hydrogens (tertiary/aromatic N) is 6.